The van der Waals surface area contributed by atoms with Crippen LogP contribution in [0.3, 0.4) is 0 Å². The molecule has 0 bridgehead atoms. The number of anilines is 1. The Kier molecular flexibility index (Phi) is 4.28. The van der Waals surface area contributed by atoms with Gasteiger partial charge in [0.1, 0.15) is 11.3 Å². The van der Waals surface area contributed by atoms with Crippen molar-refractivity contribution in [1.82, 2.24) is 0 Å². The third-order valence-corrected chi connectivity index (χ3v) is 3.84. The lowest BCUT2D eigenvalue weighted by molar-refractivity contribution is -0.119. The average Bonchev–Trinajstić information content (AvgIpc) is 3.01. The number of ether oxygens (including phenoxy) is 1. The van der Waals surface area contributed by atoms with Gasteiger partial charge in [0.25, 0.3) is 5.91 Å². The first kappa shape index (κ1) is 15.1. The van der Waals surface area contributed by atoms with Crippen molar-refractivity contribution in [2.24, 2.45) is 0 Å². The predicted molar refractivity (Wildman–Crippen MR) is 85.5 cm³/mol. The first-order chi connectivity index (χ1) is 11.1. The van der Waals surface area contributed by atoms with E-state index in [4.69, 9.17) is 4.74 Å². The zero-order chi connectivity index (χ0) is 16.2. The minimum atomic E-state index is -0.729. The van der Waals surface area contributed by atoms with Gasteiger partial charge in [0.2, 0.25) is 0 Å². The van der Waals surface area contributed by atoms with Crippen LogP contribution in [0, 0.1) is 0 Å². The number of amides is 1. The van der Waals surface area contributed by atoms with Crippen LogP contribution in [-0.4, -0.2) is 23.6 Å². The zero-order valence-electron chi connectivity index (χ0n) is 12.5. The first-order valence-corrected chi connectivity index (χ1v) is 7.50. The van der Waals surface area contributed by atoms with E-state index in [2.05, 4.69) is 5.32 Å². The second-order valence-electron chi connectivity index (χ2n) is 5.48. The summed E-state index contributed by atoms with van der Waals surface area (Å²) in [6.45, 7) is -0.399. The van der Waals surface area contributed by atoms with Crippen molar-refractivity contribution < 1.29 is 19.4 Å². The van der Waals surface area contributed by atoms with Crippen LogP contribution in [0.5, 0.6) is 5.75 Å². The number of benzene rings is 2. The smallest absolute Gasteiger partial charge is 0.342 e. The van der Waals surface area contributed by atoms with Crippen LogP contribution in [-0.2, 0) is 22.4 Å². The molecule has 0 fully saturated rings. The number of fused-ring (bicyclic) bond motifs is 1. The number of phenolic OH excluding ortho intramolecular Hbond substituents is 1. The summed E-state index contributed by atoms with van der Waals surface area (Å²) in [6, 6.07) is 11.9. The molecule has 0 aromatic heterocycles. The van der Waals surface area contributed by atoms with Crippen molar-refractivity contribution in [2.45, 2.75) is 19.3 Å². The molecule has 0 saturated heterocycles. The third-order valence-electron chi connectivity index (χ3n) is 3.84. The molecule has 0 spiro atoms. The standard InChI is InChI=1S/C18H17NO4/c20-16-7-2-1-6-15(16)18(22)23-11-17(21)19-14-9-8-12-4-3-5-13(12)10-14/h1-2,6-10,20H,3-5,11H2,(H,19,21). The summed E-state index contributed by atoms with van der Waals surface area (Å²) >= 11 is 0. The maximum atomic E-state index is 11.9. The van der Waals surface area contributed by atoms with Crippen molar-refractivity contribution in [3.8, 4) is 5.75 Å². The number of hydrogen-bond donors (Lipinski definition) is 2. The first-order valence-electron chi connectivity index (χ1n) is 7.50. The van der Waals surface area contributed by atoms with E-state index in [-0.39, 0.29) is 11.3 Å². The van der Waals surface area contributed by atoms with Gasteiger partial charge in [0.15, 0.2) is 6.61 Å². The topological polar surface area (TPSA) is 75.6 Å². The minimum Gasteiger partial charge on any atom is -0.507 e. The quantitative estimate of drug-likeness (QED) is 0.851. The number of rotatable bonds is 4. The van der Waals surface area contributed by atoms with Gasteiger partial charge in [-0.15, -0.1) is 0 Å². The second kappa shape index (κ2) is 6.52. The highest BCUT2D eigenvalue weighted by Gasteiger charge is 2.15. The number of carbonyl (C=O) groups excluding carboxylic acids is 2. The molecule has 2 aromatic carbocycles. The van der Waals surface area contributed by atoms with Gasteiger partial charge in [0, 0.05) is 5.69 Å². The number of carbonyl (C=O) groups is 2. The fourth-order valence-electron chi connectivity index (χ4n) is 2.70. The molecule has 2 N–H and O–H groups in total. The fraction of sp³-hybridized carbons (Fsp3) is 0.222. The molecule has 5 heteroatoms. The van der Waals surface area contributed by atoms with Crippen LogP contribution >= 0.6 is 0 Å². The van der Waals surface area contributed by atoms with E-state index in [1.807, 2.05) is 18.2 Å². The van der Waals surface area contributed by atoms with Crippen LogP contribution < -0.4 is 5.32 Å². The van der Waals surface area contributed by atoms with Crippen LogP contribution in [0.1, 0.15) is 27.9 Å². The summed E-state index contributed by atoms with van der Waals surface area (Å²) < 4.78 is 4.92. The zero-order valence-corrected chi connectivity index (χ0v) is 12.5. The highest BCUT2D eigenvalue weighted by molar-refractivity contribution is 5.96. The molecule has 1 aliphatic rings. The largest absolute Gasteiger partial charge is 0.507 e. The molecular formula is C18H17NO4. The monoisotopic (exact) mass is 311 g/mol. The molecule has 23 heavy (non-hydrogen) atoms. The summed E-state index contributed by atoms with van der Waals surface area (Å²) in [5, 5.41) is 12.3. The average molecular weight is 311 g/mol. The van der Waals surface area contributed by atoms with Crippen LogP contribution in [0.4, 0.5) is 5.69 Å². The Morgan fingerprint density at radius 2 is 1.87 bits per heavy atom. The van der Waals surface area contributed by atoms with E-state index < -0.39 is 18.5 Å². The summed E-state index contributed by atoms with van der Waals surface area (Å²) in [6.07, 6.45) is 3.26. The number of hydrogen-bond acceptors (Lipinski definition) is 4. The number of aryl methyl sites for hydroxylation is 2. The lowest BCUT2D eigenvalue weighted by atomic mass is 10.1. The maximum absolute atomic E-state index is 11.9. The van der Waals surface area contributed by atoms with Crippen LogP contribution in [0.25, 0.3) is 0 Å². The number of phenols is 1. The van der Waals surface area contributed by atoms with Gasteiger partial charge in [-0.05, 0) is 54.7 Å². The molecular weight excluding hydrogens is 294 g/mol. The number of nitrogens with one attached hydrogen (secondary N) is 1. The van der Waals surface area contributed by atoms with Crippen LogP contribution in [0.2, 0.25) is 0 Å². The molecule has 0 saturated carbocycles. The molecule has 0 radical (unpaired) electrons. The van der Waals surface area contributed by atoms with E-state index in [1.54, 1.807) is 12.1 Å². The molecule has 0 aliphatic heterocycles. The highest BCUT2D eigenvalue weighted by atomic mass is 16.5. The van der Waals surface area contributed by atoms with E-state index in [0.29, 0.717) is 5.69 Å². The van der Waals surface area contributed by atoms with Crippen molar-refractivity contribution in [3.63, 3.8) is 0 Å². The van der Waals surface area contributed by atoms with Gasteiger partial charge in [-0.2, -0.15) is 0 Å². The summed E-state index contributed by atoms with van der Waals surface area (Å²) in [5.74, 6) is -1.31. The minimum absolute atomic E-state index is 0.0397. The number of esters is 1. The Balaban J connectivity index is 1.56. The Bertz CT molecular complexity index is 754. The number of aromatic hydroxyl groups is 1. The van der Waals surface area contributed by atoms with Gasteiger partial charge >= 0.3 is 5.97 Å². The lowest BCUT2D eigenvalue weighted by Crippen LogP contribution is -2.21. The Morgan fingerprint density at radius 1 is 1.09 bits per heavy atom. The summed E-state index contributed by atoms with van der Waals surface area (Å²) in [5.41, 5.74) is 3.33. The Labute approximate surface area is 133 Å². The number of para-hydroxylation sites is 1. The third kappa shape index (κ3) is 3.51. The summed E-state index contributed by atoms with van der Waals surface area (Å²) in [4.78, 5) is 23.7. The predicted octanol–water partition coefficient (Wildman–Crippen LogP) is 2.68. The molecule has 1 amide bonds. The molecule has 0 heterocycles. The van der Waals surface area contributed by atoms with Crippen molar-refractivity contribution >= 4 is 17.6 Å². The lowest BCUT2D eigenvalue weighted by Gasteiger charge is -2.09. The second-order valence-corrected chi connectivity index (χ2v) is 5.48. The molecule has 3 rings (SSSR count). The molecule has 1 aliphatic carbocycles. The Morgan fingerprint density at radius 3 is 2.70 bits per heavy atom. The Hall–Kier alpha value is -2.82. The van der Waals surface area contributed by atoms with E-state index in [9.17, 15) is 14.7 Å². The highest BCUT2D eigenvalue weighted by Crippen LogP contribution is 2.24. The van der Waals surface area contributed by atoms with E-state index in [0.717, 1.165) is 19.3 Å². The van der Waals surface area contributed by atoms with E-state index >= 15 is 0 Å². The molecule has 2 aromatic rings. The molecule has 0 atom stereocenters. The van der Waals surface area contributed by atoms with Crippen molar-refractivity contribution in [1.29, 1.82) is 0 Å². The maximum Gasteiger partial charge on any atom is 0.342 e. The van der Waals surface area contributed by atoms with E-state index in [1.165, 1.54) is 23.3 Å². The molecule has 118 valence electrons. The van der Waals surface area contributed by atoms with Crippen molar-refractivity contribution in [2.75, 3.05) is 11.9 Å². The fourth-order valence-corrected chi connectivity index (χ4v) is 2.70. The van der Waals surface area contributed by atoms with Gasteiger partial charge in [0.05, 0.1) is 0 Å². The van der Waals surface area contributed by atoms with Gasteiger partial charge < -0.3 is 15.2 Å². The van der Waals surface area contributed by atoms with Gasteiger partial charge in [-0.3, -0.25) is 4.79 Å². The van der Waals surface area contributed by atoms with Crippen molar-refractivity contribution in [3.05, 3.63) is 59.2 Å². The van der Waals surface area contributed by atoms with Crippen LogP contribution in [0.15, 0.2) is 42.5 Å². The summed E-state index contributed by atoms with van der Waals surface area (Å²) in [7, 11) is 0. The molecule has 5 nitrogen and oxygen atoms in total. The SMILES string of the molecule is O=C(COC(=O)c1ccccc1O)Nc1ccc2c(c1)CCC2. The van der Waals surface area contributed by atoms with Gasteiger partial charge in [-0.1, -0.05) is 18.2 Å². The normalized spacial score (nSPS) is 12.5. The molecule has 0 unspecified atom stereocenters. The van der Waals surface area contributed by atoms with Gasteiger partial charge in [-0.25, -0.2) is 4.79 Å².